The molecule has 2 aromatic carbocycles. The van der Waals surface area contributed by atoms with E-state index in [4.69, 9.17) is 4.74 Å². The molecule has 0 spiro atoms. The van der Waals surface area contributed by atoms with E-state index in [0.29, 0.717) is 24.5 Å². The summed E-state index contributed by atoms with van der Waals surface area (Å²) in [6.07, 6.45) is 0. The van der Waals surface area contributed by atoms with Gasteiger partial charge in [0.2, 0.25) is 11.8 Å². The average Bonchev–Trinajstić information content (AvgIpc) is 2.64. The van der Waals surface area contributed by atoms with Crippen molar-refractivity contribution in [2.45, 2.75) is 20.4 Å². The Morgan fingerprint density at radius 2 is 1.64 bits per heavy atom. The summed E-state index contributed by atoms with van der Waals surface area (Å²) >= 11 is 0. The number of carbonyl (C=O) groups excluding carboxylic acids is 2. The molecule has 0 aliphatic heterocycles. The molecule has 0 bridgehead atoms. The predicted octanol–water partition coefficient (Wildman–Crippen LogP) is 3.10. The lowest BCUT2D eigenvalue weighted by Gasteiger charge is -2.26. The number of hydrogen-bond donors (Lipinski definition) is 0. The second-order valence-electron chi connectivity index (χ2n) is 5.70. The molecule has 2 aromatic rings. The van der Waals surface area contributed by atoms with E-state index in [1.807, 2.05) is 37.3 Å². The minimum absolute atomic E-state index is 0.0162. The molecule has 0 radical (unpaired) electrons. The quantitative estimate of drug-likeness (QED) is 0.778. The zero-order valence-corrected chi connectivity index (χ0v) is 14.9. The van der Waals surface area contributed by atoms with E-state index in [1.165, 1.54) is 11.8 Å². The highest BCUT2D eigenvalue weighted by Crippen LogP contribution is 2.19. The van der Waals surface area contributed by atoms with Gasteiger partial charge in [0.15, 0.2) is 0 Å². The SMILES string of the molecule is CCN(Cc1ccccc1)C(=O)CN(C(C)=O)c1ccc(OC)cc1. The molecular formula is C20H24N2O3. The van der Waals surface area contributed by atoms with Crippen LogP contribution in [-0.2, 0) is 16.1 Å². The normalized spacial score (nSPS) is 10.2. The van der Waals surface area contributed by atoms with Gasteiger partial charge in [-0.15, -0.1) is 0 Å². The fraction of sp³-hybridized carbons (Fsp3) is 0.300. The lowest BCUT2D eigenvalue weighted by atomic mass is 10.2. The van der Waals surface area contributed by atoms with E-state index in [-0.39, 0.29) is 18.4 Å². The van der Waals surface area contributed by atoms with Crippen LogP contribution in [-0.4, -0.2) is 36.9 Å². The van der Waals surface area contributed by atoms with Crippen LogP contribution in [0.5, 0.6) is 5.75 Å². The number of methoxy groups -OCH3 is 1. The Labute approximate surface area is 148 Å². The summed E-state index contributed by atoms with van der Waals surface area (Å²) in [7, 11) is 1.59. The summed E-state index contributed by atoms with van der Waals surface area (Å²) in [5.41, 5.74) is 1.74. The topological polar surface area (TPSA) is 49.9 Å². The van der Waals surface area contributed by atoms with Gasteiger partial charge in [0.25, 0.3) is 0 Å². The zero-order valence-electron chi connectivity index (χ0n) is 14.9. The van der Waals surface area contributed by atoms with E-state index >= 15 is 0 Å². The molecule has 5 heteroatoms. The van der Waals surface area contributed by atoms with Crippen LogP contribution in [0, 0.1) is 0 Å². The summed E-state index contributed by atoms with van der Waals surface area (Å²) in [5.74, 6) is 0.449. The van der Waals surface area contributed by atoms with Crippen molar-refractivity contribution in [2.24, 2.45) is 0 Å². The number of rotatable bonds is 7. The molecule has 0 atom stereocenters. The molecule has 0 N–H and O–H groups in total. The van der Waals surface area contributed by atoms with Gasteiger partial charge in [0.1, 0.15) is 12.3 Å². The average molecular weight is 340 g/mol. The van der Waals surface area contributed by atoms with Crippen LogP contribution in [0.25, 0.3) is 0 Å². The summed E-state index contributed by atoms with van der Waals surface area (Å²) < 4.78 is 5.13. The van der Waals surface area contributed by atoms with Gasteiger partial charge in [-0.3, -0.25) is 9.59 Å². The van der Waals surface area contributed by atoms with Crippen molar-refractivity contribution in [2.75, 3.05) is 25.1 Å². The highest BCUT2D eigenvalue weighted by Gasteiger charge is 2.20. The number of ether oxygens (including phenoxy) is 1. The van der Waals surface area contributed by atoms with Gasteiger partial charge in [0, 0.05) is 25.7 Å². The van der Waals surface area contributed by atoms with Gasteiger partial charge < -0.3 is 14.5 Å². The van der Waals surface area contributed by atoms with Crippen LogP contribution < -0.4 is 9.64 Å². The predicted molar refractivity (Wildman–Crippen MR) is 98.6 cm³/mol. The summed E-state index contributed by atoms with van der Waals surface area (Å²) in [5, 5.41) is 0. The zero-order chi connectivity index (χ0) is 18.2. The van der Waals surface area contributed by atoms with Crippen molar-refractivity contribution in [1.82, 2.24) is 4.90 Å². The second kappa shape index (κ2) is 8.87. The molecule has 2 rings (SSSR count). The molecule has 2 amide bonds. The fourth-order valence-electron chi connectivity index (χ4n) is 2.56. The van der Waals surface area contributed by atoms with Crippen molar-refractivity contribution in [3.63, 3.8) is 0 Å². The van der Waals surface area contributed by atoms with Crippen LogP contribution in [0.1, 0.15) is 19.4 Å². The molecule has 0 unspecified atom stereocenters. The van der Waals surface area contributed by atoms with E-state index in [1.54, 1.807) is 36.3 Å². The Hall–Kier alpha value is -2.82. The minimum atomic E-state index is -0.172. The first-order valence-corrected chi connectivity index (χ1v) is 8.29. The third-order valence-electron chi connectivity index (χ3n) is 4.01. The monoisotopic (exact) mass is 340 g/mol. The number of likely N-dealkylation sites (N-methyl/N-ethyl adjacent to an activating group) is 1. The van der Waals surface area contributed by atoms with Gasteiger partial charge >= 0.3 is 0 Å². The third-order valence-corrected chi connectivity index (χ3v) is 4.01. The van der Waals surface area contributed by atoms with Gasteiger partial charge in [-0.1, -0.05) is 30.3 Å². The number of benzene rings is 2. The molecule has 0 aliphatic rings. The van der Waals surface area contributed by atoms with Crippen LogP contribution in [0.3, 0.4) is 0 Å². The highest BCUT2D eigenvalue weighted by molar-refractivity contribution is 5.97. The first-order chi connectivity index (χ1) is 12.0. The largest absolute Gasteiger partial charge is 0.497 e. The Bertz CT molecular complexity index is 699. The number of nitrogens with zero attached hydrogens (tertiary/aromatic N) is 2. The molecule has 132 valence electrons. The Morgan fingerprint density at radius 3 is 2.16 bits per heavy atom. The van der Waals surface area contributed by atoms with Gasteiger partial charge in [-0.05, 0) is 36.8 Å². The van der Waals surface area contributed by atoms with E-state index in [2.05, 4.69) is 0 Å². The van der Waals surface area contributed by atoms with Gasteiger partial charge in [-0.2, -0.15) is 0 Å². The second-order valence-corrected chi connectivity index (χ2v) is 5.70. The van der Waals surface area contributed by atoms with Crippen molar-refractivity contribution < 1.29 is 14.3 Å². The van der Waals surface area contributed by atoms with Crippen molar-refractivity contribution in [1.29, 1.82) is 0 Å². The van der Waals surface area contributed by atoms with Crippen molar-refractivity contribution >= 4 is 17.5 Å². The summed E-state index contributed by atoms with van der Waals surface area (Å²) in [4.78, 5) is 28.0. The standard InChI is InChI=1S/C20H24N2O3/c1-4-21(14-17-8-6-5-7-9-17)20(24)15-22(16(2)23)18-10-12-19(25-3)13-11-18/h5-13H,4,14-15H2,1-3H3. The molecule has 0 saturated heterocycles. The molecule has 0 fully saturated rings. The fourth-order valence-corrected chi connectivity index (χ4v) is 2.56. The maximum absolute atomic E-state index is 12.7. The van der Waals surface area contributed by atoms with Crippen LogP contribution >= 0.6 is 0 Å². The smallest absolute Gasteiger partial charge is 0.242 e. The molecule has 0 saturated carbocycles. The Morgan fingerprint density at radius 1 is 1.00 bits per heavy atom. The van der Waals surface area contributed by atoms with Gasteiger partial charge in [0.05, 0.1) is 7.11 Å². The van der Waals surface area contributed by atoms with E-state index in [9.17, 15) is 9.59 Å². The lowest BCUT2D eigenvalue weighted by molar-refractivity contribution is -0.131. The first kappa shape index (κ1) is 18.5. The van der Waals surface area contributed by atoms with Gasteiger partial charge in [-0.25, -0.2) is 0 Å². The van der Waals surface area contributed by atoms with Crippen LogP contribution in [0.15, 0.2) is 54.6 Å². The molecular weight excluding hydrogens is 316 g/mol. The van der Waals surface area contributed by atoms with Crippen molar-refractivity contribution in [3.05, 3.63) is 60.2 Å². The lowest BCUT2D eigenvalue weighted by Crippen LogP contribution is -2.42. The maximum Gasteiger partial charge on any atom is 0.242 e. The van der Waals surface area contributed by atoms with Crippen molar-refractivity contribution in [3.8, 4) is 5.75 Å². The van der Waals surface area contributed by atoms with E-state index in [0.717, 1.165) is 5.56 Å². The number of carbonyl (C=O) groups is 2. The molecule has 0 heterocycles. The highest BCUT2D eigenvalue weighted by atomic mass is 16.5. The van der Waals surface area contributed by atoms with E-state index < -0.39 is 0 Å². The number of hydrogen-bond acceptors (Lipinski definition) is 3. The molecule has 25 heavy (non-hydrogen) atoms. The number of anilines is 1. The Balaban J connectivity index is 2.11. The summed E-state index contributed by atoms with van der Waals surface area (Å²) in [6, 6.07) is 16.9. The minimum Gasteiger partial charge on any atom is -0.497 e. The number of amides is 2. The molecule has 5 nitrogen and oxygen atoms in total. The maximum atomic E-state index is 12.7. The third kappa shape index (κ3) is 5.08. The summed E-state index contributed by atoms with van der Waals surface area (Å²) in [6.45, 7) is 4.53. The van der Waals surface area contributed by atoms with Crippen LogP contribution in [0.4, 0.5) is 5.69 Å². The molecule has 0 aromatic heterocycles. The Kier molecular flexibility index (Phi) is 6.57. The van der Waals surface area contributed by atoms with Crippen LogP contribution in [0.2, 0.25) is 0 Å². The first-order valence-electron chi connectivity index (χ1n) is 8.29. The molecule has 0 aliphatic carbocycles.